The molecule has 260 valence electrons. The molecule has 0 bridgehead atoms. The van der Waals surface area contributed by atoms with Gasteiger partial charge in [-0.1, -0.05) is 128 Å². The number of fused-ring (bicyclic) bond motifs is 4. The normalized spacial score (nSPS) is 16.5. The molecule has 0 saturated heterocycles. The van der Waals surface area contributed by atoms with Crippen LogP contribution in [0, 0.1) is 27.7 Å². The van der Waals surface area contributed by atoms with Crippen LogP contribution >= 0.6 is 0 Å². The van der Waals surface area contributed by atoms with Gasteiger partial charge in [0, 0.05) is 33.8 Å². The molecule has 2 aliphatic rings. The van der Waals surface area contributed by atoms with Gasteiger partial charge in [0.25, 0.3) is 0 Å². The van der Waals surface area contributed by atoms with Gasteiger partial charge in [0.05, 0.1) is 5.39 Å². The van der Waals surface area contributed by atoms with Gasteiger partial charge in [0.2, 0.25) is 5.71 Å². The van der Waals surface area contributed by atoms with E-state index in [1.54, 1.807) is 0 Å². The maximum Gasteiger partial charge on any atom is 0.213 e. The zero-order valence-electron chi connectivity index (χ0n) is 31.5. The smallest absolute Gasteiger partial charge is 0.213 e. The maximum absolute atomic E-state index is 6.68. The SMILES string of the molecule is C=C/C=C\c1c(C)n(C2=CC=C(C)CC2)c2oc3cc(-c4ccc5c(c4)OC(C)C5c4ccccc4C)ccc3c12.CC.Cc1ccc(C)cc1. The number of hydrogen-bond acceptors (Lipinski definition) is 2. The summed E-state index contributed by atoms with van der Waals surface area (Å²) < 4.78 is 15.4. The highest BCUT2D eigenvalue weighted by atomic mass is 16.5. The molecule has 0 N–H and O–H groups in total. The number of aryl methyl sites for hydroxylation is 3. The Bertz CT molecular complexity index is 2270. The molecular weight excluding hydrogens is 623 g/mol. The molecule has 8 rings (SSSR count). The van der Waals surface area contributed by atoms with Crippen molar-refractivity contribution in [2.24, 2.45) is 0 Å². The minimum atomic E-state index is 0.0904. The van der Waals surface area contributed by atoms with Crippen molar-refractivity contribution < 1.29 is 9.15 Å². The Morgan fingerprint density at radius 1 is 0.765 bits per heavy atom. The molecule has 0 saturated carbocycles. The summed E-state index contributed by atoms with van der Waals surface area (Å²) in [4.78, 5) is 0. The van der Waals surface area contributed by atoms with Gasteiger partial charge in [0.1, 0.15) is 17.4 Å². The molecule has 1 aliphatic carbocycles. The van der Waals surface area contributed by atoms with Crippen LogP contribution in [0.4, 0.5) is 0 Å². The van der Waals surface area contributed by atoms with E-state index in [4.69, 9.17) is 9.15 Å². The zero-order valence-corrected chi connectivity index (χ0v) is 31.5. The average molecular weight is 674 g/mol. The molecule has 2 atom stereocenters. The molecule has 0 radical (unpaired) electrons. The number of benzene rings is 4. The molecule has 51 heavy (non-hydrogen) atoms. The van der Waals surface area contributed by atoms with E-state index in [0.717, 1.165) is 51.8 Å². The van der Waals surface area contributed by atoms with E-state index in [2.05, 4.69) is 156 Å². The van der Waals surface area contributed by atoms with Gasteiger partial charge in [-0.05, 0) is 101 Å². The van der Waals surface area contributed by atoms with Crippen molar-refractivity contribution in [1.29, 1.82) is 0 Å². The summed E-state index contributed by atoms with van der Waals surface area (Å²) in [6.07, 6.45) is 12.6. The van der Waals surface area contributed by atoms with Crippen molar-refractivity contribution in [2.75, 3.05) is 0 Å². The van der Waals surface area contributed by atoms with Crippen molar-refractivity contribution in [3.63, 3.8) is 0 Å². The number of rotatable bonds is 5. The van der Waals surface area contributed by atoms with Gasteiger partial charge >= 0.3 is 0 Å². The van der Waals surface area contributed by atoms with Crippen LogP contribution in [0.15, 0.2) is 126 Å². The third kappa shape index (κ3) is 7.03. The minimum absolute atomic E-state index is 0.0904. The van der Waals surface area contributed by atoms with E-state index in [1.807, 2.05) is 26.0 Å². The number of allylic oxidation sites excluding steroid dienone is 6. The summed E-state index contributed by atoms with van der Waals surface area (Å²) in [7, 11) is 0. The molecule has 2 aromatic heterocycles. The number of furan rings is 1. The molecule has 3 nitrogen and oxygen atoms in total. The van der Waals surface area contributed by atoms with Gasteiger partial charge in [-0.2, -0.15) is 0 Å². The molecule has 0 fully saturated rings. The number of nitrogens with zero attached hydrogens (tertiary/aromatic N) is 1. The van der Waals surface area contributed by atoms with Crippen molar-refractivity contribution in [3.8, 4) is 16.9 Å². The monoisotopic (exact) mass is 673 g/mol. The predicted molar refractivity (Wildman–Crippen MR) is 219 cm³/mol. The summed E-state index contributed by atoms with van der Waals surface area (Å²) in [5.74, 6) is 1.21. The minimum Gasteiger partial charge on any atom is -0.489 e. The van der Waals surface area contributed by atoms with Crippen LogP contribution in [0.5, 0.6) is 5.75 Å². The Hall–Kier alpha value is -5.28. The lowest BCUT2D eigenvalue weighted by molar-refractivity contribution is 0.238. The standard InChI is InChI=1S/C38H35NO2.C8H10.C2H6/c1-6-7-11-31-25(4)39(29-17-13-23(2)14-18-29)38-37(31)33-20-16-28(22-35(33)41-38)27-15-19-32-34(21-27)40-26(5)36(32)30-12-9-8-10-24(30)3;1-7-3-5-8(2)6-4-7;1-2/h6-13,15-17,19-22,26,36H,1,14,18H2,2-5H3;3-6H,1-2H3;1-2H3/b11-7-;;. The first-order chi connectivity index (χ1) is 24.7. The van der Waals surface area contributed by atoms with Gasteiger partial charge in [-0.25, -0.2) is 0 Å². The van der Waals surface area contributed by atoms with E-state index in [-0.39, 0.29) is 12.0 Å². The van der Waals surface area contributed by atoms with Crippen molar-refractivity contribution in [1.82, 2.24) is 4.57 Å². The molecular formula is C48H51NO2. The lowest BCUT2D eigenvalue weighted by atomic mass is 9.86. The fourth-order valence-corrected chi connectivity index (χ4v) is 7.35. The summed E-state index contributed by atoms with van der Waals surface area (Å²) in [6, 6.07) is 30.4. The Morgan fingerprint density at radius 2 is 1.45 bits per heavy atom. The van der Waals surface area contributed by atoms with Crippen LogP contribution in [-0.2, 0) is 0 Å². The van der Waals surface area contributed by atoms with Crippen LogP contribution in [0.2, 0.25) is 0 Å². The lowest BCUT2D eigenvalue weighted by Crippen LogP contribution is -2.16. The second-order valence-electron chi connectivity index (χ2n) is 13.7. The number of hydrogen-bond donors (Lipinski definition) is 0. The number of ether oxygens (including phenoxy) is 1. The fraction of sp³-hybridized carbons (Fsp3) is 0.250. The molecule has 1 aliphatic heterocycles. The van der Waals surface area contributed by atoms with Crippen molar-refractivity contribution >= 4 is 33.8 Å². The van der Waals surface area contributed by atoms with Crippen molar-refractivity contribution in [2.45, 2.75) is 80.3 Å². The lowest BCUT2D eigenvalue weighted by Gasteiger charge is -2.17. The molecule has 4 aromatic carbocycles. The Morgan fingerprint density at radius 3 is 2.12 bits per heavy atom. The van der Waals surface area contributed by atoms with Gasteiger partial charge in [-0.15, -0.1) is 0 Å². The first-order valence-electron chi connectivity index (χ1n) is 18.4. The Labute approximate surface area is 304 Å². The summed E-state index contributed by atoms with van der Waals surface area (Å²) in [5, 5.41) is 2.28. The highest BCUT2D eigenvalue weighted by Gasteiger charge is 2.33. The topological polar surface area (TPSA) is 27.3 Å². The summed E-state index contributed by atoms with van der Waals surface area (Å²) >= 11 is 0. The molecule has 2 unspecified atom stereocenters. The first kappa shape index (κ1) is 35.5. The third-order valence-corrected chi connectivity index (χ3v) is 10.1. The Kier molecular flexibility index (Phi) is 10.7. The van der Waals surface area contributed by atoms with Gasteiger partial charge in [0.15, 0.2) is 0 Å². The van der Waals surface area contributed by atoms with E-state index in [9.17, 15) is 0 Å². The fourth-order valence-electron chi connectivity index (χ4n) is 7.35. The van der Waals surface area contributed by atoms with Crippen LogP contribution < -0.4 is 4.74 Å². The second-order valence-corrected chi connectivity index (χ2v) is 13.7. The van der Waals surface area contributed by atoms with E-state index < -0.39 is 0 Å². The van der Waals surface area contributed by atoms with Crippen molar-refractivity contribution in [3.05, 3.63) is 160 Å². The van der Waals surface area contributed by atoms with Crippen LogP contribution in [0.1, 0.15) is 85.5 Å². The predicted octanol–water partition coefficient (Wildman–Crippen LogP) is 13.7. The van der Waals surface area contributed by atoms with E-state index in [1.165, 1.54) is 50.3 Å². The van der Waals surface area contributed by atoms with Gasteiger partial charge in [-0.3, -0.25) is 4.57 Å². The first-order valence-corrected chi connectivity index (χ1v) is 18.4. The highest BCUT2D eigenvalue weighted by molar-refractivity contribution is 6.11. The van der Waals surface area contributed by atoms with E-state index in [0.29, 0.717) is 0 Å². The van der Waals surface area contributed by atoms with Crippen LogP contribution in [-0.4, -0.2) is 10.7 Å². The van der Waals surface area contributed by atoms with Crippen LogP contribution in [0.3, 0.4) is 0 Å². The molecule has 3 heteroatoms. The largest absolute Gasteiger partial charge is 0.489 e. The molecule has 3 heterocycles. The van der Waals surface area contributed by atoms with E-state index >= 15 is 0 Å². The van der Waals surface area contributed by atoms with Crippen LogP contribution in [0.25, 0.3) is 45.0 Å². The highest BCUT2D eigenvalue weighted by Crippen LogP contribution is 2.46. The molecule has 0 spiro atoms. The third-order valence-electron chi connectivity index (χ3n) is 10.1. The molecule has 0 amide bonds. The average Bonchev–Trinajstić information content (AvgIpc) is 3.76. The number of aromatic nitrogens is 1. The quantitative estimate of drug-likeness (QED) is 0.170. The zero-order chi connectivity index (χ0) is 36.2. The maximum atomic E-state index is 6.68. The van der Waals surface area contributed by atoms with Gasteiger partial charge < -0.3 is 9.15 Å². The summed E-state index contributed by atoms with van der Waals surface area (Å²) in [6.45, 7) is 20.8. The Balaban J connectivity index is 0.000000393. The second kappa shape index (κ2) is 15.3. The molecule has 6 aromatic rings. The summed E-state index contributed by atoms with van der Waals surface area (Å²) in [5.41, 5.74) is 15.7.